The highest BCUT2D eigenvalue weighted by Gasteiger charge is 2.29. The molecule has 0 amide bonds. The molecule has 0 aromatic rings. The average molecular weight is 237 g/mol. The molecule has 0 N–H and O–H groups in total. The van der Waals surface area contributed by atoms with Gasteiger partial charge in [0.1, 0.15) is 0 Å². The number of hydrogen-bond acceptors (Lipinski definition) is 0. The summed E-state index contributed by atoms with van der Waals surface area (Å²) in [4.78, 5) is 0. The van der Waals surface area contributed by atoms with E-state index in [-0.39, 0.29) is 0 Å². The van der Waals surface area contributed by atoms with Crippen molar-refractivity contribution in [2.24, 2.45) is 11.3 Å². The van der Waals surface area contributed by atoms with Crippen molar-refractivity contribution in [3.8, 4) is 0 Å². The molecular formula is C17H33. The zero-order chi connectivity index (χ0) is 12.6. The van der Waals surface area contributed by atoms with Gasteiger partial charge in [0.25, 0.3) is 0 Å². The molecule has 0 heteroatoms. The third kappa shape index (κ3) is 5.44. The van der Waals surface area contributed by atoms with Crippen LogP contribution in [0.2, 0.25) is 0 Å². The van der Waals surface area contributed by atoms with Crippen LogP contribution in [0.3, 0.4) is 0 Å². The van der Waals surface area contributed by atoms with E-state index in [9.17, 15) is 0 Å². The monoisotopic (exact) mass is 237 g/mol. The van der Waals surface area contributed by atoms with E-state index < -0.39 is 0 Å². The summed E-state index contributed by atoms with van der Waals surface area (Å²) in [6.07, 6.45) is 18.4. The molecular weight excluding hydrogens is 204 g/mol. The van der Waals surface area contributed by atoms with E-state index in [0.717, 1.165) is 5.92 Å². The van der Waals surface area contributed by atoms with E-state index in [0.29, 0.717) is 5.41 Å². The molecule has 0 aliphatic heterocycles. The lowest BCUT2D eigenvalue weighted by Crippen LogP contribution is -2.26. The van der Waals surface area contributed by atoms with Crippen LogP contribution in [0.25, 0.3) is 0 Å². The topological polar surface area (TPSA) is 0 Å². The highest BCUT2D eigenvalue weighted by atomic mass is 14.3. The zero-order valence-electron chi connectivity index (χ0n) is 12.4. The highest BCUT2D eigenvalue weighted by molar-refractivity contribution is 4.91. The van der Waals surface area contributed by atoms with Crippen LogP contribution in [0.4, 0.5) is 0 Å². The van der Waals surface area contributed by atoms with E-state index in [2.05, 4.69) is 27.2 Å². The maximum absolute atomic E-state index is 2.60. The van der Waals surface area contributed by atoms with Crippen molar-refractivity contribution in [3.63, 3.8) is 0 Å². The molecule has 1 aliphatic rings. The van der Waals surface area contributed by atoms with Crippen molar-refractivity contribution in [1.82, 2.24) is 0 Å². The van der Waals surface area contributed by atoms with Gasteiger partial charge < -0.3 is 0 Å². The first kappa shape index (κ1) is 15.1. The van der Waals surface area contributed by atoms with E-state index in [1.807, 2.05) is 0 Å². The van der Waals surface area contributed by atoms with Crippen LogP contribution in [0.1, 0.15) is 91.4 Å². The summed E-state index contributed by atoms with van der Waals surface area (Å²) >= 11 is 0. The minimum Gasteiger partial charge on any atom is -0.0651 e. The lowest BCUT2D eigenvalue weighted by atomic mass is 9.69. The first-order valence-electron chi connectivity index (χ1n) is 8.03. The molecule has 1 aliphatic carbocycles. The normalized spacial score (nSPS) is 33.7. The second-order valence-corrected chi connectivity index (χ2v) is 6.39. The Hall–Kier alpha value is 0. The molecule has 101 valence electrons. The average Bonchev–Trinajstić information content (AvgIpc) is 2.30. The maximum atomic E-state index is 2.60. The minimum atomic E-state index is 0.508. The fourth-order valence-electron chi connectivity index (χ4n) is 3.36. The maximum Gasteiger partial charge on any atom is -0.0269 e. The van der Waals surface area contributed by atoms with Crippen LogP contribution in [0.5, 0.6) is 0 Å². The molecule has 2 atom stereocenters. The molecule has 17 heavy (non-hydrogen) atoms. The fraction of sp³-hybridized carbons (Fsp3) is 0.941. The molecule has 0 bridgehead atoms. The summed E-state index contributed by atoms with van der Waals surface area (Å²) in [6.45, 7) is 7.29. The van der Waals surface area contributed by atoms with Crippen molar-refractivity contribution >= 4 is 0 Å². The van der Waals surface area contributed by atoms with Gasteiger partial charge in [-0.2, -0.15) is 0 Å². The Kier molecular flexibility index (Phi) is 7.23. The van der Waals surface area contributed by atoms with Crippen molar-refractivity contribution in [2.75, 3.05) is 0 Å². The molecule has 1 fully saturated rings. The molecule has 0 aromatic carbocycles. The van der Waals surface area contributed by atoms with Gasteiger partial charge in [-0.15, -0.1) is 0 Å². The largest absolute Gasteiger partial charge is 0.0651 e. The molecule has 1 radical (unpaired) electrons. The van der Waals surface area contributed by atoms with E-state index in [1.54, 1.807) is 0 Å². The van der Waals surface area contributed by atoms with Gasteiger partial charge in [0.05, 0.1) is 0 Å². The van der Waals surface area contributed by atoms with Gasteiger partial charge in [-0.25, -0.2) is 0 Å². The minimum absolute atomic E-state index is 0.508. The molecule has 2 unspecified atom stereocenters. The fourth-order valence-corrected chi connectivity index (χ4v) is 3.36. The van der Waals surface area contributed by atoms with Crippen LogP contribution in [-0.2, 0) is 0 Å². The van der Waals surface area contributed by atoms with Crippen molar-refractivity contribution in [2.45, 2.75) is 91.4 Å². The molecule has 1 rings (SSSR count). The number of hydrogen-bond donors (Lipinski definition) is 0. The Labute approximate surface area is 110 Å². The standard InChI is InChI=1S/C17H33/c1-4-14-17(3)15-12-10-8-6-5-7-9-11-13-16(17)2/h14,16H,4-13,15H2,1-3H3. The van der Waals surface area contributed by atoms with Gasteiger partial charge in [0.15, 0.2) is 0 Å². The van der Waals surface area contributed by atoms with Crippen molar-refractivity contribution in [3.05, 3.63) is 6.42 Å². The Bertz CT molecular complexity index is 184. The first-order chi connectivity index (χ1) is 8.19. The first-order valence-corrected chi connectivity index (χ1v) is 8.03. The Morgan fingerprint density at radius 3 is 2.06 bits per heavy atom. The van der Waals surface area contributed by atoms with E-state index >= 15 is 0 Å². The molecule has 0 saturated heterocycles. The Balaban J connectivity index is 2.50. The smallest absolute Gasteiger partial charge is 0.0269 e. The quantitative estimate of drug-likeness (QED) is 0.539. The number of rotatable bonds is 2. The summed E-state index contributed by atoms with van der Waals surface area (Å²) in [5.41, 5.74) is 0.508. The molecule has 0 nitrogen and oxygen atoms in total. The van der Waals surface area contributed by atoms with Crippen molar-refractivity contribution < 1.29 is 0 Å². The summed E-state index contributed by atoms with van der Waals surface area (Å²) < 4.78 is 0. The SMILES string of the molecule is CC[CH]C1(C)CCCCCCCCCCC1C. The summed E-state index contributed by atoms with van der Waals surface area (Å²) in [6, 6.07) is 0. The molecule has 0 spiro atoms. The second-order valence-electron chi connectivity index (χ2n) is 6.39. The predicted molar refractivity (Wildman–Crippen MR) is 78.0 cm³/mol. The molecule has 0 heterocycles. The zero-order valence-corrected chi connectivity index (χ0v) is 12.4. The molecule has 1 saturated carbocycles. The van der Waals surface area contributed by atoms with Crippen LogP contribution in [0.15, 0.2) is 0 Å². The highest BCUT2D eigenvalue weighted by Crippen LogP contribution is 2.40. The van der Waals surface area contributed by atoms with Gasteiger partial charge in [0.2, 0.25) is 0 Å². The lowest BCUT2D eigenvalue weighted by molar-refractivity contribution is 0.199. The third-order valence-corrected chi connectivity index (χ3v) is 4.90. The Morgan fingerprint density at radius 1 is 0.941 bits per heavy atom. The predicted octanol–water partition coefficient (Wildman–Crippen LogP) is 6.16. The lowest BCUT2D eigenvalue weighted by Gasteiger charge is -2.36. The van der Waals surface area contributed by atoms with Gasteiger partial charge in [0, 0.05) is 0 Å². The van der Waals surface area contributed by atoms with E-state index in [1.165, 1.54) is 70.6 Å². The summed E-state index contributed by atoms with van der Waals surface area (Å²) in [5.74, 6) is 0.877. The van der Waals surface area contributed by atoms with Gasteiger partial charge in [-0.1, -0.05) is 85.0 Å². The van der Waals surface area contributed by atoms with Gasteiger partial charge in [-0.05, 0) is 24.2 Å². The van der Waals surface area contributed by atoms with Crippen molar-refractivity contribution in [1.29, 1.82) is 0 Å². The summed E-state index contributed by atoms with van der Waals surface area (Å²) in [7, 11) is 0. The second kappa shape index (κ2) is 8.16. The molecule has 0 aromatic heterocycles. The van der Waals surface area contributed by atoms with Gasteiger partial charge in [-0.3, -0.25) is 0 Å². The summed E-state index contributed by atoms with van der Waals surface area (Å²) in [5, 5.41) is 0. The van der Waals surface area contributed by atoms with Crippen LogP contribution < -0.4 is 0 Å². The third-order valence-electron chi connectivity index (χ3n) is 4.90. The Morgan fingerprint density at radius 2 is 1.47 bits per heavy atom. The van der Waals surface area contributed by atoms with Gasteiger partial charge >= 0.3 is 0 Å². The van der Waals surface area contributed by atoms with Crippen LogP contribution in [0, 0.1) is 17.8 Å². The van der Waals surface area contributed by atoms with Crippen LogP contribution >= 0.6 is 0 Å². The van der Waals surface area contributed by atoms with Crippen LogP contribution in [-0.4, -0.2) is 0 Å². The van der Waals surface area contributed by atoms with E-state index in [4.69, 9.17) is 0 Å².